The second-order valence-electron chi connectivity index (χ2n) is 8.67. The number of unbranched alkanes of at least 4 members (excludes halogenated alkanes) is 1. The highest BCUT2D eigenvalue weighted by atomic mass is 19.4. The molecule has 2 N–H and O–H groups in total. The number of nitrogens with one attached hydrogen (secondary N) is 2. The Kier molecular flexibility index (Phi) is 9.51. The molecule has 1 unspecified atom stereocenters. The van der Waals surface area contributed by atoms with Crippen molar-refractivity contribution in [2.75, 3.05) is 32.2 Å². The molecule has 0 saturated carbocycles. The van der Waals surface area contributed by atoms with Gasteiger partial charge in [0.25, 0.3) is 5.91 Å². The number of benzene rings is 2. The van der Waals surface area contributed by atoms with Crippen molar-refractivity contribution in [2.24, 2.45) is 0 Å². The first-order valence-electron chi connectivity index (χ1n) is 12.1. The number of alkyl halides is 3. The smallest absolute Gasteiger partial charge is 0.416 e. The standard InChI is InChI=1S/C27H30F3N3O5/c1-4-5-13-33-17(2)22(25(35)38-15-14-37-3)23(32-26(33)36)19-7-6-8-21(16-19)31-24(34)18-9-11-20(12-10-18)27(28,29)30/h6-12,16,23H,4-5,13-15H2,1-3H3,(H,31,34)(H,32,36). The van der Waals surface area contributed by atoms with E-state index < -0.39 is 29.7 Å². The van der Waals surface area contributed by atoms with Crippen LogP contribution in [0.2, 0.25) is 0 Å². The van der Waals surface area contributed by atoms with E-state index in [0.717, 1.165) is 37.1 Å². The largest absolute Gasteiger partial charge is 0.460 e. The van der Waals surface area contributed by atoms with Gasteiger partial charge in [0.05, 0.1) is 23.8 Å². The molecule has 38 heavy (non-hydrogen) atoms. The number of allylic oxidation sites excluding steroid dienone is 1. The van der Waals surface area contributed by atoms with E-state index in [0.29, 0.717) is 23.5 Å². The zero-order valence-corrected chi connectivity index (χ0v) is 21.4. The highest BCUT2D eigenvalue weighted by molar-refractivity contribution is 6.04. The molecule has 204 valence electrons. The lowest BCUT2D eigenvalue weighted by atomic mass is 9.94. The molecule has 0 bridgehead atoms. The first-order valence-corrected chi connectivity index (χ1v) is 12.1. The molecule has 1 heterocycles. The topological polar surface area (TPSA) is 97.0 Å². The number of amides is 3. The lowest BCUT2D eigenvalue weighted by Gasteiger charge is -2.35. The number of esters is 1. The molecule has 0 aliphatic carbocycles. The maximum atomic E-state index is 13.1. The molecule has 1 atom stereocenters. The van der Waals surface area contributed by atoms with E-state index in [1.807, 2.05) is 6.92 Å². The van der Waals surface area contributed by atoms with Crippen molar-refractivity contribution in [3.63, 3.8) is 0 Å². The number of carbonyl (C=O) groups is 3. The van der Waals surface area contributed by atoms with Crippen molar-refractivity contribution in [3.05, 3.63) is 76.5 Å². The van der Waals surface area contributed by atoms with Crippen molar-refractivity contribution < 1.29 is 37.0 Å². The molecule has 2 aromatic rings. The fourth-order valence-electron chi connectivity index (χ4n) is 3.99. The number of nitrogens with zero attached hydrogens (tertiary/aromatic N) is 1. The molecule has 0 saturated heterocycles. The van der Waals surface area contributed by atoms with Gasteiger partial charge in [-0.1, -0.05) is 25.5 Å². The van der Waals surface area contributed by atoms with E-state index in [1.165, 1.54) is 12.0 Å². The summed E-state index contributed by atoms with van der Waals surface area (Å²) in [4.78, 5) is 40.2. The fourth-order valence-corrected chi connectivity index (χ4v) is 3.99. The molecule has 1 aliphatic heterocycles. The third kappa shape index (κ3) is 6.91. The van der Waals surface area contributed by atoms with Crippen molar-refractivity contribution in [1.29, 1.82) is 0 Å². The van der Waals surface area contributed by atoms with Crippen LogP contribution in [-0.2, 0) is 20.4 Å². The molecule has 0 aromatic heterocycles. The minimum atomic E-state index is -4.51. The van der Waals surface area contributed by atoms with Gasteiger partial charge in [-0.05, 0) is 55.3 Å². The average molecular weight is 534 g/mol. The van der Waals surface area contributed by atoms with Crippen LogP contribution < -0.4 is 10.6 Å². The Hall–Kier alpha value is -3.86. The van der Waals surface area contributed by atoms with Gasteiger partial charge in [-0.15, -0.1) is 0 Å². The lowest BCUT2D eigenvalue weighted by Crippen LogP contribution is -2.48. The number of methoxy groups -OCH3 is 1. The van der Waals surface area contributed by atoms with E-state index >= 15 is 0 Å². The van der Waals surface area contributed by atoms with E-state index in [-0.39, 0.29) is 30.4 Å². The molecule has 11 heteroatoms. The average Bonchev–Trinajstić information content (AvgIpc) is 2.88. The van der Waals surface area contributed by atoms with Gasteiger partial charge < -0.3 is 20.1 Å². The summed E-state index contributed by atoms with van der Waals surface area (Å²) >= 11 is 0. The Morgan fingerprint density at radius 3 is 2.45 bits per heavy atom. The van der Waals surface area contributed by atoms with Crippen LogP contribution in [0, 0.1) is 0 Å². The van der Waals surface area contributed by atoms with Gasteiger partial charge in [0.15, 0.2) is 0 Å². The molecule has 0 radical (unpaired) electrons. The number of carbonyl (C=O) groups excluding carboxylic acids is 3. The lowest BCUT2D eigenvalue weighted by molar-refractivity contribution is -0.141. The van der Waals surface area contributed by atoms with Gasteiger partial charge in [0.1, 0.15) is 6.61 Å². The Labute approximate surface area is 218 Å². The number of halogens is 3. The summed E-state index contributed by atoms with van der Waals surface area (Å²) in [5, 5.41) is 5.50. The molecular weight excluding hydrogens is 503 g/mol. The molecule has 0 fully saturated rings. The van der Waals surface area contributed by atoms with E-state index in [1.54, 1.807) is 31.2 Å². The molecule has 1 aliphatic rings. The monoisotopic (exact) mass is 533 g/mol. The van der Waals surface area contributed by atoms with Crippen LogP contribution in [0.4, 0.5) is 23.7 Å². The second kappa shape index (κ2) is 12.6. The zero-order valence-electron chi connectivity index (χ0n) is 21.4. The Bertz CT molecular complexity index is 1200. The summed E-state index contributed by atoms with van der Waals surface area (Å²) in [6.07, 6.45) is -2.91. The minimum Gasteiger partial charge on any atom is -0.460 e. The number of urea groups is 1. The predicted molar refractivity (Wildman–Crippen MR) is 134 cm³/mol. The summed E-state index contributed by atoms with van der Waals surface area (Å²) < 4.78 is 48.8. The Morgan fingerprint density at radius 1 is 1.11 bits per heavy atom. The minimum absolute atomic E-state index is 0.0327. The number of anilines is 1. The van der Waals surface area contributed by atoms with Crippen LogP contribution in [0.1, 0.15) is 54.2 Å². The zero-order chi connectivity index (χ0) is 27.9. The molecule has 3 rings (SSSR count). The number of hydrogen-bond donors (Lipinski definition) is 2. The Balaban J connectivity index is 1.88. The second-order valence-corrected chi connectivity index (χ2v) is 8.67. The summed E-state index contributed by atoms with van der Waals surface area (Å²) in [5.41, 5.74) is 0.747. The summed E-state index contributed by atoms with van der Waals surface area (Å²) in [5.74, 6) is -1.22. The number of ether oxygens (including phenoxy) is 2. The highest BCUT2D eigenvalue weighted by Crippen LogP contribution is 2.33. The van der Waals surface area contributed by atoms with Gasteiger partial charge in [0.2, 0.25) is 0 Å². The van der Waals surface area contributed by atoms with Gasteiger partial charge in [-0.2, -0.15) is 13.2 Å². The van der Waals surface area contributed by atoms with Crippen molar-refractivity contribution in [3.8, 4) is 0 Å². The molecular formula is C27H30F3N3O5. The SMILES string of the molecule is CCCCN1C(=O)NC(c2cccc(NC(=O)c3ccc(C(F)(F)F)cc3)c2)C(C(=O)OCCOC)=C1C. The molecule has 2 aromatic carbocycles. The van der Waals surface area contributed by atoms with Gasteiger partial charge in [-0.25, -0.2) is 9.59 Å². The van der Waals surface area contributed by atoms with Crippen LogP contribution >= 0.6 is 0 Å². The number of hydrogen-bond acceptors (Lipinski definition) is 5. The van der Waals surface area contributed by atoms with Crippen molar-refractivity contribution >= 4 is 23.6 Å². The molecule has 8 nitrogen and oxygen atoms in total. The normalized spacial score (nSPS) is 15.8. The van der Waals surface area contributed by atoms with Gasteiger partial charge in [-0.3, -0.25) is 9.69 Å². The summed E-state index contributed by atoms with van der Waals surface area (Å²) in [6, 6.07) is 9.15. The van der Waals surface area contributed by atoms with E-state index in [9.17, 15) is 27.6 Å². The molecule has 0 spiro atoms. The maximum Gasteiger partial charge on any atom is 0.416 e. The number of rotatable bonds is 10. The Morgan fingerprint density at radius 2 is 1.82 bits per heavy atom. The van der Waals surface area contributed by atoms with Crippen LogP contribution in [0.25, 0.3) is 0 Å². The van der Waals surface area contributed by atoms with Crippen LogP contribution in [0.5, 0.6) is 0 Å². The van der Waals surface area contributed by atoms with Crippen LogP contribution in [0.15, 0.2) is 59.8 Å². The van der Waals surface area contributed by atoms with Gasteiger partial charge >= 0.3 is 18.2 Å². The first kappa shape index (κ1) is 28.7. The quantitative estimate of drug-likeness (QED) is 0.320. The summed E-state index contributed by atoms with van der Waals surface area (Å²) in [7, 11) is 1.49. The third-order valence-corrected chi connectivity index (χ3v) is 6.02. The van der Waals surface area contributed by atoms with Crippen molar-refractivity contribution in [2.45, 2.75) is 38.9 Å². The van der Waals surface area contributed by atoms with E-state index in [4.69, 9.17) is 9.47 Å². The highest BCUT2D eigenvalue weighted by Gasteiger charge is 2.36. The maximum absolute atomic E-state index is 13.1. The summed E-state index contributed by atoms with van der Waals surface area (Å²) in [6.45, 7) is 4.35. The van der Waals surface area contributed by atoms with E-state index in [2.05, 4.69) is 10.6 Å². The molecule has 3 amide bonds. The van der Waals surface area contributed by atoms with Crippen LogP contribution in [-0.4, -0.2) is 49.7 Å². The van der Waals surface area contributed by atoms with Crippen molar-refractivity contribution in [1.82, 2.24) is 10.2 Å². The first-order chi connectivity index (χ1) is 18.1. The van der Waals surface area contributed by atoms with Crippen LogP contribution in [0.3, 0.4) is 0 Å². The fraction of sp³-hybridized carbons (Fsp3) is 0.370. The van der Waals surface area contributed by atoms with Gasteiger partial charge in [0, 0.05) is 30.6 Å². The third-order valence-electron chi connectivity index (χ3n) is 6.02. The predicted octanol–water partition coefficient (Wildman–Crippen LogP) is 5.29.